The van der Waals surface area contributed by atoms with E-state index in [1.807, 2.05) is 0 Å². The summed E-state index contributed by atoms with van der Waals surface area (Å²) in [6, 6.07) is 0.589. The highest BCUT2D eigenvalue weighted by molar-refractivity contribution is 7.11. The van der Waals surface area contributed by atoms with Crippen LogP contribution in [0.5, 0.6) is 0 Å². The average Bonchev–Trinajstić information content (AvgIpc) is 2.75. The highest BCUT2D eigenvalue weighted by Gasteiger charge is 2.22. The summed E-state index contributed by atoms with van der Waals surface area (Å²) in [7, 11) is 0. The number of piperidine rings is 1. The molecular weight excluding hydrogens is 272 g/mol. The molecular formula is C15H24N2O2S. The summed E-state index contributed by atoms with van der Waals surface area (Å²) in [5.74, 6) is -0.432. The standard InChI is InChI=1S/C15H24N2O2S/c1-10(2)15-16-12(8-14(18)19)13(20-15)9-17-7-5-4-6-11(17)3/h10-11H,4-9H2,1-3H3,(H,18,19). The van der Waals surface area contributed by atoms with Crippen molar-refractivity contribution in [1.29, 1.82) is 0 Å². The third-order valence-electron chi connectivity index (χ3n) is 3.89. The lowest BCUT2D eigenvalue weighted by Crippen LogP contribution is -2.36. The van der Waals surface area contributed by atoms with Crippen molar-refractivity contribution < 1.29 is 9.90 Å². The second kappa shape index (κ2) is 6.68. The lowest BCUT2D eigenvalue weighted by Gasteiger charge is -2.33. The van der Waals surface area contributed by atoms with Crippen LogP contribution in [0.4, 0.5) is 0 Å². The number of carbonyl (C=O) groups is 1. The van der Waals surface area contributed by atoms with Crippen LogP contribution in [-0.4, -0.2) is 33.5 Å². The van der Waals surface area contributed by atoms with Crippen molar-refractivity contribution in [2.75, 3.05) is 6.54 Å². The lowest BCUT2D eigenvalue weighted by molar-refractivity contribution is -0.136. The van der Waals surface area contributed by atoms with E-state index in [4.69, 9.17) is 5.11 Å². The van der Waals surface area contributed by atoms with Crippen molar-refractivity contribution in [1.82, 2.24) is 9.88 Å². The van der Waals surface area contributed by atoms with E-state index >= 15 is 0 Å². The Balaban J connectivity index is 2.17. The van der Waals surface area contributed by atoms with Gasteiger partial charge in [-0.15, -0.1) is 11.3 Å². The van der Waals surface area contributed by atoms with E-state index in [1.165, 1.54) is 19.3 Å². The second-order valence-electron chi connectivity index (χ2n) is 5.96. The molecule has 2 heterocycles. The molecule has 0 aliphatic carbocycles. The fourth-order valence-electron chi connectivity index (χ4n) is 2.63. The fraction of sp³-hybridized carbons (Fsp3) is 0.733. The molecule has 1 saturated heterocycles. The molecule has 1 aromatic heterocycles. The van der Waals surface area contributed by atoms with Gasteiger partial charge in [0.2, 0.25) is 0 Å². The van der Waals surface area contributed by atoms with Gasteiger partial charge < -0.3 is 5.11 Å². The molecule has 0 amide bonds. The maximum atomic E-state index is 11.0. The molecule has 0 spiro atoms. The zero-order valence-electron chi connectivity index (χ0n) is 12.6. The Bertz CT molecular complexity index is 470. The summed E-state index contributed by atoms with van der Waals surface area (Å²) in [6.45, 7) is 8.45. The number of rotatable bonds is 5. The van der Waals surface area contributed by atoms with Gasteiger partial charge >= 0.3 is 5.97 Å². The van der Waals surface area contributed by atoms with Gasteiger partial charge in [-0.1, -0.05) is 20.3 Å². The Morgan fingerprint density at radius 1 is 1.50 bits per heavy atom. The number of carboxylic acids is 1. The first-order valence-corrected chi connectivity index (χ1v) is 8.23. The number of carboxylic acid groups (broad SMARTS) is 1. The van der Waals surface area contributed by atoms with E-state index in [9.17, 15) is 4.79 Å². The molecule has 0 bridgehead atoms. The summed E-state index contributed by atoms with van der Waals surface area (Å²) < 4.78 is 0. The highest BCUT2D eigenvalue weighted by Crippen LogP contribution is 2.28. The van der Waals surface area contributed by atoms with Gasteiger partial charge in [-0.25, -0.2) is 4.98 Å². The first kappa shape index (κ1) is 15.4. The minimum Gasteiger partial charge on any atom is -0.481 e. The van der Waals surface area contributed by atoms with E-state index in [1.54, 1.807) is 11.3 Å². The fourth-order valence-corrected chi connectivity index (χ4v) is 3.74. The maximum absolute atomic E-state index is 11.0. The number of thiazole rings is 1. The van der Waals surface area contributed by atoms with Gasteiger partial charge in [0.05, 0.1) is 17.1 Å². The minimum atomic E-state index is -0.793. The summed E-state index contributed by atoms with van der Waals surface area (Å²) in [4.78, 5) is 19.2. The van der Waals surface area contributed by atoms with Crippen LogP contribution in [0.3, 0.4) is 0 Å². The van der Waals surface area contributed by atoms with E-state index in [-0.39, 0.29) is 6.42 Å². The summed E-state index contributed by atoms with van der Waals surface area (Å²) >= 11 is 1.69. The van der Waals surface area contributed by atoms with Crippen LogP contribution >= 0.6 is 11.3 Å². The highest BCUT2D eigenvalue weighted by atomic mass is 32.1. The van der Waals surface area contributed by atoms with Crippen LogP contribution in [-0.2, 0) is 17.8 Å². The van der Waals surface area contributed by atoms with Gasteiger partial charge in [0.15, 0.2) is 0 Å². The number of aromatic nitrogens is 1. The number of likely N-dealkylation sites (tertiary alicyclic amines) is 1. The lowest BCUT2D eigenvalue weighted by atomic mass is 10.0. The predicted molar refractivity (Wildman–Crippen MR) is 81.3 cm³/mol. The normalized spacial score (nSPS) is 20.5. The van der Waals surface area contributed by atoms with Crippen molar-refractivity contribution >= 4 is 17.3 Å². The predicted octanol–water partition coefficient (Wildman–Crippen LogP) is 3.27. The van der Waals surface area contributed by atoms with Crippen LogP contribution in [0.15, 0.2) is 0 Å². The zero-order valence-corrected chi connectivity index (χ0v) is 13.4. The number of nitrogens with zero attached hydrogens (tertiary/aromatic N) is 2. The Morgan fingerprint density at radius 2 is 2.25 bits per heavy atom. The maximum Gasteiger partial charge on any atom is 0.309 e. The first-order valence-electron chi connectivity index (χ1n) is 7.41. The van der Waals surface area contributed by atoms with Gasteiger partial charge in [0.25, 0.3) is 0 Å². The monoisotopic (exact) mass is 296 g/mol. The number of hydrogen-bond acceptors (Lipinski definition) is 4. The topological polar surface area (TPSA) is 53.4 Å². The number of hydrogen-bond donors (Lipinski definition) is 1. The molecule has 4 nitrogen and oxygen atoms in total. The molecule has 20 heavy (non-hydrogen) atoms. The Hall–Kier alpha value is -0.940. The molecule has 0 saturated carbocycles. The van der Waals surface area contributed by atoms with Crippen molar-refractivity contribution in [2.24, 2.45) is 0 Å². The van der Waals surface area contributed by atoms with Crippen molar-refractivity contribution in [3.05, 3.63) is 15.6 Å². The quantitative estimate of drug-likeness (QED) is 0.906. The molecule has 1 unspecified atom stereocenters. The first-order chi connectivity index (χ1) is 9.47. The van der Waals surface area contributed by atoms with Crippen LogP contribution in [0.25, 0.3) is 0 Å². The molecule has 2 rings (SSSR count). The Labute approximate surface area is 124 Å². The Morgan fingerprint density at radius 3 is 2.85 bits per heavy atom. The average molecular weight is 296 g/mol. The van der Waals surface area contributed by atoms with Crippen molar-refractivity contribution in [2.45, 2.75) is 65.0 Å². The molecule has 1 aromatic rings. The smallest absolute Gasteiger partial charge is 0.309 e. The van der Waals surface area contributed by atoms with Gasteiger partial charge in [-0.2, -0.15) is 0 Å². The zero-order chi connectivity index (χ0) is 14.7. The molecule has 1 atom stereocenters. The summed E-state index contributed by atoms with van der Waals surface area (Å²) in [5, 5.41) is 10.1. The van der Waals surface area contributed by atoms with Crippen LogP contribution in [0.1, 0.15) is 61.5 Å². The van der Waals surface area contributed by atoms with Gasteiger partial charge in [0.1, 0.15) is 0 Å². The molecule has 1 aliphatic heterocycles. The third-order valence-corrected chi connectivity index (χ3v) is 5.28. The van der Waals surface area contributed by atoms with Gasteiger partial charge in [-0.3, -0.25) is 9.69 Å². The van der Waals surface area contributed by atoms with E-state index in [0.29, 0.717) is 12.0 Å². The number of aliphatic carboxylic acids is 1. The summed E-state index contributed by atoms with van der Waals surface area (Å²) in [6.07, 6.45) is 3.83. The van der Waals surface area contributed by atoms with Crippen LogP contribution in [0, 0.1) is 0 Å². The minimum absolute atomic E-state index is 0.0424. The summed E-state index contributed by atoms with van der Waals surface area (Å²) in [5.41, 5.74) is 0.768. The van der Waals surface area contributed by atoms with E-state index in [2.05, 4.69) is 30.7 Å². The third kappa shape index (κ3) is 3.79. The molecule has 112 valence electrons. The van der Waals surface area contributed by atoms with Crippen LogP contribution < -0.4 is 0 Å². The van der Waals surface area contributed by atoms with Gasteiger partial charge in [0, 0.05) is 23.4 Å². The Kier molecular flexibility index (Phi) is 5.16. The van der Waals surface area contributed by atoms with E-state index < -0.39 is 5.97 Å². The SMILES string of the molecule is CC(C)c1nc(CC(=O)O)c(CN2CCCCC2C)s1. The molecule has 1 fully saturated rings. The molecule has 0 aromatic carbocycles. The molecule has 5 heteroatoms. The molecule has 1 aliphatic rings. The molecule has 1 N–H and O–H groups in total. The van der Waals surface area contributed by atoms with Crippen LogP contribution in [0.2, 0.25) is 0 Å². The largest absolute Gasteiger partial charge is 0.481 e. The van der Waals surface area contributed by atoms with E-state index in [0.717, 1.165) is 28.7 Å². The second-order valence-corrected chi connectivity index (χ2v) is 7.08. The van der Waals surface area contributed by atoms with Crippen molar-refractivity contribution in [3.63, 3.8) is 0 Å². The van der Waals surface area contributed by atoms with Gasteiger partial charge in [-0.05, 0) is 26.3 Å². The van der Waals surface area contributed by atoms with Crippen molar-refractivity contribution in [3.8, 4) is 0 Å². The molecule has 0 radical (unpaired) electrons.